The van der Waals surface area contributed by atoms with Crippen LogP contribution in [0.2, 0.25) is 5.15 Å². The Bertz CT molecular complexity index is 691. The second-order valence-electron chi connectivity index (χ2n) is 3.48. The number of nitrogen functional groups attached to an aromatic ring is 1. The molecule has 0 atom stereocenters. The number of pyridine rings is 1. The van der Waals surface area contributed by atoms with E-state index in [1.165, 1.54) is 0 Å². The first kappa shape index (κ1) is 10.0. The minimum atomic E-state index is 0.212. The van der Waals surface area contributed by atoms with Crippen molar-refractivity contribution in [3.8, 4) is 11.4 Å². The smallest absolute Gasteiger partial charge is 0.220 e. The van der Waals surface area contributed by atoms with Gasteiger partial charge in [0, 0.05) is 12.4 Å². The van der Waals surface area contributed by atoms with Gasteiger partial charge in [0.1, 0.15) is 11.3 Å². The first-order chi connectivity index (χ1) is 8.25. The van der Waals surface area contributed by atoms with Crippen LogP contribution in [-0.4, -0.2) is 19.4 Å². The van der Waals surface area contributed by atoms with Crippen molar-refractivity contribution < 1.29 is 0 Å². The normalized spacial score (nSPS) is 10.9. The van der Waals surface area contributed by atoms with E-state index in [1.807, 2.05) is 28.8 Å². The predicted molar refractivity (Wildman–Crippen MR) is 65.6 cm³/mol. The van der Waals surface area contributed by atoms with Crippen molar-refractivity contribution in [2.45, 2.75) is 0 Å². The summed E-state index contributed by atoms with van der Waals surface area (Å²) < 4.78 is 1.87. The molecule has 17 heavy (non-hydrogen) atoms. The number of fused-ring (bicyclic) bond motifs is 1. The minimum absolute atomic E-state index is 0.212. The van der Waals surface area contributed by atoms with Gasteiger partial charge < -0.3 is 5.73 Å². The minimum Gasteiger partial charge on any atom is -0.368 e. The van der Waals surface area contributed by atoms with Crippen molar-refractivity contribution in [2.24, 2.45) is 0 Å². The van der Waals surface area contributed by atoms with Crippen LogP contribution in [0.3, 0.4) is 0 Å². The Morgan fingerprint density at radius 2 is 2.06 bits per heavy atom. The highest BCUT2D eigenvalue weighted by Crippen LogP contribution is 2.27. The number of nitrogens with two attached hydrogens (primary N) is 1. The molecule has 0 amide bonds. The van der Waals surface area contributed by atoms with Gasteiger partial charge >= 0.3 is 0 Å². The van der Waals surface area contributed by atoms with Crippen LogP contribution in [0.4, 0.5) is 5.95 Å². The summed E-state index contributed by atoms with van der Waals surface area (Å²) in [4.78, 5) is 12.2. The van der Waals surface area contributed by atoms with E-state index in [0.29, 0.717) is 10.8 Å². The number of hydrogen-bond donors (Lipinski definition) is 1. The maximum atomic E-state index is 6.12. The van der Waals surface area contributed by atoms with E-state index in [4.69, 9.17) is 17.3 Å². The number of nitrogens with zero attached hydrogens (tertiary/aromatic N) is 4. The highest BCUT2D eigenvalue weighted by molar-refractivity contribution is 6.32. The van der Waals surface area contributed by atoms with Gasteiger partial charge in [0.15, 0.2) is 5.15 Å². The molecule has 0 spiro atoms. The highest BCUT2D eigenvalue weighted by Gasteiger charge is 2.13. The third kappa shape index (κ3) is 1.60. The number of rotatable bonds is 1. The summed E-state index contributed by atoms with van der Waals surface area (Å²) in [6.45, 7) is 0. The van der Waals surface area contributed by atoms with Crippen LogP contribution in [0.5, 0.6) is 0 Å². The van der Waals surface area contributed by atoms with Gasteiger partial charge in [0.25, 0.3) is 0 Å². The lowest BCUT2D eigenvalue weighted by Crippen LogP contribution is -1.97. The second kappa shape index (κ2) is 3.71. The molecule has 0 aromatic carbocycles. The second-order valence-corrected chi connectivity index (χ2v) is 3.84. The molecule has 0 aliphatic rings. The van der Waals surface area contributed by atoms with Gasteiger partial charge in [0.05, 0.1) is 5.69 Å². The third-order valence-electron chi connectivity index (χ3n) is 2.40. The standard InChI is InChI=1S/C11H8ClN5/c12-10-9(7-4-5-14-11(13)15-7)17-6-2-1-3-8(17)16-10/h1-6H,(H2,13,14,15). The molecular weight excluding hydrogens is 238 g/mol. The highest BCUT2D eigenvalue weighted by atomic mass is 35.5. The molecule has 2 N–H and O–H groups in total. The largest absolute Gasteiger partial charge is 0.368 e. The Morgan fingerprint density at radius 3 is 2.88 bits per heavy atom. The molecule has 3 aromatic rings. The van der Waals surface area contributed by atoms with Gasteiger partial charge in [-0.3, -0.25) is 4.40 Å². The molecule has 0 bridgehead atoms. The van der Waals surface area contributed by atoms with Gasteiger partial charge in [-0.25, -0.2) is 15.0 Å². The Hall–Kier alpha value is -2.14. The molecule has 3 rings (SSSR count). The summed E-state index contributed by atoms with van der Waals surface area (Å²) in [5, 5.41) is 0.398. The Kier molecular flexibility index (Phi) is 2.19. The number of imidazole rings is 1. The van der Waals surface area contributed by atoms with Crippen LogP contribution in [0.15, 0.2) is 36.7 Å². The lowest BCUT2D eigenvalue weighted by atomic mass is 10.3. The number of hydrogen-bond acceptors (Lipinski definition) is 4. The molecule has 0 saturated carbocycles. The lowest BCUT2D eigenvalue weighted by molar-refractivity contribution is 1.14. The zero-order valence-electron chi connectivity index (χ0n) is 8.71. The summed E-state index contributed by atoms with van der Waals surface area (Å²) in [5.74, 6) is 0.212. The number of halogens is 1. The number of aromatic nitrogens is 4. The first-order valence-electron chi connectivity index (χ1n) is 4.97. The van der Waals surface area contributed by atoms with Crippen molar-refractivity contribution in [1.29, 1.82) is 0 Å². The average Bonchev–Trinajstić information content (AvgIpc) is 2.64. The molecule has 0 aliphatic heterocycles. The quantitative estimate of drug-likeness (QED) is 0.712. The fourth-order valence-electron chi connectivity index (χ4n) is 1.70. The third-order valence-corrected chi connectivity index (χ3v) is 2.67. The van der Waals surface area contributed by atoms with Crippen LogP contribution in [-0.2, 0) is 0 Å². The topological polar surface area (TPSA) is 69.1 Å². The average molecular weight is 246 g/mol. The van der Waals surface area contributed by atoms with Crippen molar-refractivity contribution >= 4 is 23.2 Å². The van der Waals surface area contributed by atoms with E-state index in [-0.39, 0.29) is 5.95 Å². The molecule has 0 saturated heterocycles. The fraction of sp³-hybridized carbons (Fsp3) is 0. The summed E-state index contributed by atoms with van der Waals surface area (Å²) >= 11 is 6.12. The molecule has 5 nitrogen and oxygen atoms in total. The molecule has 0 fully saturated rings. The Morgan fingerprint density at radius 1 is 1.18 bits per heavy atom. The molecule has 6 heteroatoms. The van der Waals surface area contributed by atoms with Crippen LogP contribution in [0, 0.1) is 0 Å². The molecular formula is C11H8ClN5. The molecule has 0 radical (unpaired) electrons. The summed E-state index contributed by atoms with van der Waals surface area (Å²) in [7, 11) is 0. The molecule has 84 valence electrons. The first-order valence-corrected chi connectivity index (χ1v) is 5.35. The van der Waals surface area contributed by atoms with Crippen molar-refractivity contribution in [3.05, 3.63) is 41.8 Å². The number of anilines is 1. The van der Waals surface area contributed by atoms with E-state index < -0.39 is 0 Å². The summed E-state index contributed by atoms with van der Waals surface area (Å²) in [6.07, 6.45) is 3.47. The fourth-order valence-corrected chi connectivity index (χ4v) is 1.98. The monoisotopic (exact) mass is 245 g/mol. The van der Waals surface area contributed by atoms with Crippen molar-refractivity contribution in [3.63, 3.8) is 0 Å². The predicted octanol–water partition coefficient (Wildman–Crippen LogP) is 2.03. The van der Waals surface area contributed by atoms with Crippen LogP contribution in [0.1, 0.15) is 0 Å². The van der Waals surface area contributed by atoms with Gasteiger partial charge in [0.2, 0.25) is 5.95 Å². The molecule has 0 unspecified atom stereocenters. The van der Waals surface area contributed by atoms with Gasteiger partial charge in [-0.1, -0.05) is 17.7 Å². The van der Waals surface area contributed by atoms with Crippen LogP contribution >= 0.6 is 11.6 Å². The maximum Gasteiger partial charge on any atom is 0.220 e. The zero-order valence-corrected chi connectivity index (χ0v) is 9.46. The SMILES string of the molecule is Nc1nccc(-c2c(Cl)nc3ccccn23)n1. The van der Waals surface area contributed by atoms with Gasteiger partial charge in [-0.05, 0) is 18.2 Å². The molecule has 0 aliphatic carbocycles. The lowest BCUT2D eigenvalue weighted by Gasteiger charge is -2.01. The Labute approximate surface area is 102 Å². The van der Waals surface area contributed by atoms with Crippen molar-refractivity contribution in [2.75, 3.05) is 5.73 Å². The summed E-state index contributed by atoms with van der Waals surface area (Å²) in [6, 6.07) is 7.43. The van der Waals surface area contributed by atoms with E-state index in [0.717, 1.165) is 11.3 Å². The zero-order chi connectivity index (χ0) is 11.8. The van der Waals surface area contributed by atoms with E-state index in [1.54, 1.807) is 12.3 Å². The van der Waals surface area contributed by atoms with E-state index in [2.05, 4.69) is 15.0 Å². The van der Waals surface area contributed by atoms with Crippen molar-refractivity contribution in [1.82, 2.24) is 19.4 Å². The van der Waals surface area contributed by atoms with Gasteiger partial charge in [-0.2, -0.15) is 0 Å². The maximum absolute atomic E-state index is 6.12. The van der Waals surface area contributed by atoms with Gasteiger partial charge in [-0.15, -0.1) is 0 Å². The van der Waals surface area contributed by atoms with Crippen LogP contribution < -0.4 is 5.73 Å². The van der Waals surface area contributed by atoms with E-state index >= 15 is 0 Å². The van der Waals surface area contributed by atoms with E-state index in [9.17, 15) is 0 Å². The molecule has 3 heterocycles. The van der Waals surface area contributed by atoms with Crippen LogP contribution in [0.25, 0.3) is 17.0 Å². The Balaban J connectivity index is 2.33. The summed E-state index contributed by atoms with van der Waals surface area (Å²) in [5.41, 5.74) is 7.70. The molecule has 3 aromatic heterocycles.